The van der Waals surface area contributed by atoms with Gasteiger partial charge in [-0.05, 0) is 39.2 Å². The van der Waals surface area contributed by atoms with Crippen LogP contribution >= 0.6 is 0 Å². The molecule has 0 atom stereocenters. The molecule has 5 nitrogen and oxygen atoms in total. The molecule has 122 valence electrons. The molecule has 22 heavy (non-hydrogen) atoms. The molecule has 1 aromatic rings. The van der Waals surface area contributed by atoms with E-state index in [1.54, 1.807) is 12.3 Å². The molecule has 0 unspecified atom stereocenters. The molecule has 0 radical (unpaired) electrons. The van der Waals surface area contributed by atoms with Gasteiger partial charge in [0.25, 0.3) is 0 Å². The molecule has 1 aliphatic rings. The van der Waals surface area contributed by atoms with E-state index < -0.39 is 5.60 Å². The molecular formula is C17H26N2O3. The Morgan fingerprint density at radius 2 is 2.05 bits per heavy atom. The van der Waals surface area contributed by atoms with E-state index in [-0.39, 0.29) is 17.9 Å². The lowest BCUT2D eigenvalue weighted by Gasteiger charge is -2.21. The first kappa shape index (κ1) is 16.7. The summed E-state index contributed by atoms with van der Waals surface area (Å²) in [6, 6.07) is 3.69. The normalized spacial score (nSPS) is 17.3. The molecule has 2 rings (SSSR count). The molecule has 2 N–H and O–H groups in total. The summed E-state index contributed by atoms with van der Waals surface area (Å²) in [4.78, 5) is 16.2. The fourth-order valence-electron chi connectivity index (χ4n) is 2.66. The molecule has 1 saturated carbocycles. The van der Waals surface area contributed by atoms with Crippen molar-refractivity contribution < 1.29 is 14.6 Å². The predicted molar refractivity (Wildman–Crippen MR) is 84.5 cm³/mol. The number of nitrogens with one attached hydrogen (secondary N) is 1. The number of hydrogen-bond acceptors (Lipinski definition) is 4. The van der Waals surface area contributed by atoms with Crippen LogP contribution in [0, 0.1) is 0 Å². The van der Waals surface area contributed by atoms with Crippen LogP contribution in [0.4, 0.5) is 0 Å². The third-order valence-electron chi connectivity index (χ3n) is 3.72. The smallest absolute Gasteiger partial charge is 0.223 e. The van der Waals surface area contributed by atoms with Gasteiger partial charge in [-0.25, -0.2) is 4.98 Å². The maximum atomic E-state index is 11.9. The summed E-state index contributed by atoms with van der Waals surface area (Å²) in [7, 11) is 0. The zero-order chi connectivity index (χ0) is 16.2. The third-order valence-corrected chi connectivity index (χ3v) is 3.72. The van der Waals surface area contributed by atoms with Gasteiger partial charge in [0.1, 0.15) is 5.60 Å². The summed E-state index contributed by atoms with van der Waals surface area (Å²) >= 11 is 0. The molecule has 0 spiro atoms. The van der Waals surface area contributed by atoms with E-state index in [0.29, 0.717) is 12.4 Å². The average Bonchev–Trinajstić information content (AvgIpc) is 2.82. The van der Waals surface area contributed by atoms with Crippen LogP contribution in [0.15, 0.2) is 18.3 Å². The van der Waals surface area contributed by atoms with E-state index >= 15 is 0 Å². The van der Waals surface area contributed by atoms with Crippen molar-refractivity contribution in [2.75, 3.05) is 0 Å². The van der Waals surface area contributed by atoms with Gasteiger partial charge in [0.15, 0.2) is 0 Å². The molecule has 1 heterocycles. The second-order valence-corrected chi connectivity index (χ2v) is 7.10. The lowest BCUT2D eigenvalue weighted by molar-refractivity contribution is -0.126. The quantitative estimate of drug-likeness (QED) is 0.877. The SMILES string of the molecule is CC(C)(C)Oc1ccc(CNC(=O)CC2(O)CCCC2)cn1. The largest absolute Gasteiger partial charge is 0.472 e. The first-order valence-electron chi connectivity index (χ1n) is 7.89. The highest BCUT2D eigenvalue weighted by atomic mass is 16.5. The number of carbonyl (C=O) groups excluding carboxylic acids is 1. The number of hydrogen-bond donors (Lipinski definition) is 2. The summed E-state index contributed by atoms with van der Waals surface area (Å²) in [5.41, 5.74) is -0.167. The lowest BCUT2D eigenvalue weighted by Crippen LogP contribution is -2.34. The minimum absolute atomic E-state index is 0.112. The van der Waals surface area contributed by atoms with Crippen LogP contribution in [0.5, 0.6) is 5.88 Å². The summed E-state index contributed by atoms with van der Waals surface area (Å²) in [6.45, 7) is 6.32. The van der Waals surface area contributed by atoms with Crippen molar-refractivity contribution >= 4 is 5.91 Å². The third kappa shape index (κ3) is 5.30. The number of rotatable bonds is 5. The Morgan fingerprint density at radius 1 is 1.36 bits per heavy atom. The number of aliphatic hydroxyl groups is 1. The Kier molecular flexibility index (Phi) is 5.06. The Morgan fingerprint density at radius 3 is 2.59 bits per heavy atom. The zero-order valence-electron chi connectivity index (χ0n) is 13.7. The van der Waals surface area contributed by atoms with E-state index in [1.165, 1.54) is 0 Å². The summed E-state index contributed by atoms with van der Waals surface area (Å²) in [6.07, 6.45) is 5.34. The van der Waals surface area contributed by atoms with Crippen molar-refractivity contribution in [3.05, 3.63) is 23.9 Å². The number of pyridine rings is 1. The van der Waals surface area contributed by atoms with Gasteiger partial charge in [-0.3, -0.25) is 4.79 Å². The second-order valence-electron chi connectivity index (χ2n) is 7.10. The Bertz CT molecular complexity index is 500. The fraction of sp³-hybridized carbons (Fsp3) is 0.647. The fourth-order valence-corrected chi connectivity index (χ4v) is 2.66. The van der Waals surface area contributed by atoms with Crippen LogP contribution in [0.3, 0.4) is 0 Å². The Balaban J connectivity index is 1.80. The van der Waals surface area contributed by atoms with Crippen molar-refractivity contribution in [2.45, 2.75) is 70.6 Å². The van der Waals surface area contributed by atoms with Crippen LogP contribution in [-0.2, 0) is 11.3 Å². The number of amides is 1. The number of ether oxygens (including phenoxy) is 1. The van der Waals surface area contributed by atoms with Crippen molar-refractivity contribution in [2.24, 2.45) is 0 Å². The number of carbonyl (C=O) groups is 1. The molecular weight excluding hydrogens is 280 g/mol. The van der Waals surface area contributed by atoms with Crippen molar-refractivity contribution in [3.63, 3.8) is 0 Å². The van der Waals surface area contributed by atoms with E-state index in [9.17, 15) is 9.90 Å². The highest BCUT2D eigenvalue weighted by molar-refractivity contribution is 5.77. The highest BCUT2D eigenvalue weighted by Gasteiger charge is 2.33. The molecule has 1 amide bonds. The molecule has 1 aromatic heterocycles. The van der Waals surface area contributed by atoms with E-state index in [2.05, 4.69) is 10.3 Å². The summed E-state index contributed by atoms with van der Waals surface area (Å²) < 4.78 is 5.65. The van der Waals surface area contributed by atoms with Crippen LogP contribution in [-0.4, -0.2) is 27.2 Å². The summed E-state index contributed by atoms with van der Waals surface area (Å²) in [5.74, 6) is 0.460. The zero-order valence-corrected chi connectivity index (χ0v) is 13.7. The van der Waals surface area contributed by atoms with Gasteiger partial charge in [0.05, 0.1) is 12.0 Å². The van der Waals surface area contributed by atoms with Gasteiger partial charge in [0, 0.05) is 18.8 Å². The molecule has 0 bridgehead atoms. The lowest BCUT2D eigenvalue weighted by atomic mass is 9.98. The number of nitrogens with zero attached hydrogens (tertiary/aromatic N) is 1. The predicted octanol–water partition coefficient (Wildman–Crippen LogP) is 2.57. The molecule has 1 aliphatic carbocycles. The van der Waals surface area contributed by atoms with Gasteiger partial charge in [0.2, 0.25) is 11.8 Å². The molecule has 5 heteroatoms. The van der Waals surface area contributed by atoms with Crippen LogP contribution in [0.1, 0.15) is 58.4 Å². The van der Waals surface area contributed by atoms with Gasteiger partial charge in [-0.1, -0.05) is 18.9 Å². The Labute approximate surface area is 132 Å². The van der Waals surface area contributed by atoms with Crippen LogP contribution in [0.25, 0.3) is 0 Å². The molecule has 0 aliphatic heterocycles. The first-order chi connectivity index (χ1) is 10.3. The van der Waals surface area contributed by atoms with Crippen molar-refractivity contribution in [1.29, 1.82) is 0 Å². The second kappa shape index (κ2) is 6.65. The van der Waals surface area contributed by atoms with Crippen LogP contribution < -0.4 is 10.1 Å². The van der Waals surface area contributed by atoms with E-state index in [1.807, 2.05) is 26.8 Å². The van der Waals surface area contributed by atoms with Gasteiger partial charge >= 0.3 is 0 Å². The summed E-state index contributed by atoms with van der Waals surface area (Å²) in [5, 5.41) is 13.1. The average molecular weight is 306 g/mol. The molecule has 0 saturated heterocycles. The topological polar surface area (TPSA) is 71.5 Å². The number of aromatic nitrogens is 1. The Hall–Kier alpha value is -1.62. The minimum atomic E-state index is -0.799. The van der Waals surface area contributed by atoms with Gasteiger partial charge in [-0.2, -0.15) is 0 Å². The maximum Gasteiger partial charge on any atom is 0.223 e. The van der Waals surface area contributed by atoms with Crippen molar-refractivity contribution in [3.8, 4) is 5.88 Å². The first-order valence-corrected chi connectivity index (χ1v) is 7.89. The maximum absolute atomic E-state index is 11.9. The molecule has 1 fully saturated rings. The minimum Gasteiger partial charge on any atom is -0.472 e. The standard InChI is InChI=1S/C17H26N2O3/c1-16(2,3)22-15-7-6-13(12-19-15)11-18-14(20)10-17(21)8-4-5-9-17/h6-7,12,21H,4-5,8-11H2,1-3H3,(H,18,20). The molecule has 0 aromatic carbocycles. The van der Waals surface area contributed by atoms with Gasteiger partial charge in [-0.15, -0.1) is 0 Å². The van der Waals surface area contributed by atoms with Gasteiger partial charge < -0.3 is 15.2 Å². The van der Waals surface area contributed by atoms with E-state index in [0.717, 1.165) is 31.2 Å². The monoisotopic (exact) mass is 306 g/mol. The van der Waals surface area contributed by atoms with E-state index in [4.69, 9.17) is 4.74 Å². The van der Waals surface area contributed by atoms with Crippen molar-refractivity contribution in [1.82, 2.24) is 10.3 Å². The highest BCUT2D eigenvalue weighted by Crippen LogP contribution is 2.32. The van der Waals surface area contributed by atoms with Crippen LogP contribution in [0.2, 0.25) is 0 Å².